The second-order valence-electron chi connectivity index (χ2n) is 15.0. The van der Waals surface area contributed by atoms with E-state index in [0.29, 0.717) is 42.4 Å². The summed E-state index contributed by atoms with van der Waals surface area (Å²) in [5.41, 5.74) is -0.831. The molecule has 0 bridgehead atoms. The summed E-state index contributed by atoms with van der Waals surface area (Å²) in [6, 6.07) is 0. The number of fused-ring (bicyclic) bond motifs is 5. The molecule has 4 aliphatic carbocycles. The van der Waals surface area contributed by atoms with Gasteiger partial charge < -0.3 is 24.4 Å². The van der Waals surface area contributed by atoms with Gasteiger partial charge in [0.2, 0.25) is 0 Å². The molecule has 0 aromatic heterocycles. The Kier molecular flexibility index (Phi) is 11.1. The average Bonchev–Trinajstić information content (AvgIpc) is 3.38. The Morgan fingerprint density at radius 3 is 2.16 bits per heavy atom. The third-order valence-electron chi connectivity index (χ3n) is 13.0. The first-order chi connectivity index (χ1) is 20.8. The lowest BCUT2D eigenvalue weighted by Crippen LogP contribution is -2.58. The van der Waals surface area contributed by atoms with Crippen molar-refractivity contribution in [3.63, 3.8) is 0 Å². The van der Waals surface area contributed by atoms with Crippen LogP contribution in [0, 0.1) is 51.8 Å². The quantitative estimate of drug-likeness (QED) is 0.152. The number of aliphatic hydroxyl groups is 2. The fraction of sp³-hybridized carbons (Fsp3) is 0.806. The van der Waals surface area contributed by atoms with Gasteiger partial charge in [-0.1, -0.05) is 40.9 Å². The summed E-state index contributed by atoms with van der Waals surface area (Å²) in [5.74, 6) is 1.22. The van der Waals surface area contributed by atoms with Crippen molar-refractivity contribution in [3.8, 4) is 0 Å². The van der Waals surface area contributed by atoms with Crippen LogP contribution >= 0.6 is 0 Å². The molecule has 44 heavy (non-hydrogen) atoms. The van der Waals surface area contributed by atoms with Crippen molar-refractivity contribution in [2.45, 2.75) is 111 Å². The monoisotopic (exact) mass is 616 g/mol. The van der Waals surface area contributed by atoms with E-state index in [0.717, 1.165) is 50.7 Å². The molecule has 8 heteroatoms. The number of aliphatic hydroxyl groups excluding tert-OH is 2. The molecule has 248 valence electrons. The number of hydrogen-bond acceptors (Lipinski definition) is 8. The molecule has 0 aromatic carbocycles. The van der Waals surface area contributed by atoms with Gasteiger partial charge in [0.15, 0.2) is 0 Å². The highest BCUT2D eigenvalue weighted by Gasteiger charge is 2.63. The smallest absolute Gasteiger partial charge is 0.330 e. The number of esters is 3. The first-order valence-electron chi connectivity index (χ1n) is 16.9. The Morgan fingerprint density at radius 1 is 0.909 bits per heavy atom. The van der Waals surface area contributed by atoms with Gasteiger partial charge in [0.25, 0.3) is 0 Å². The molecule has 10 atom stereocenters. The van der Waals surface area contributed by atoms with Crippen molar-refractivity contribution in [1.82, 2.24) is 0 Å². The third-order valence-corrected chi connectivity index (χ3v) is 13.0. The second-order valence-corrected chi connectivity index (χ2v) is 15.0. The second kappa shape index (κ2) is 14.1. The summed E-state index contributed by atoms with van der Waals surface area (Å²) < 4.78 is 16.2. The summed E-state index contributed by atoms with van der Waals surface area (Å²) in [4.78, 5) is 36.4. The molecule has 0 aromatic rings. The number of ether oxygens (including phenoxy) is 3. The Hall–Kier alpha value is -2.19. The number of carbonyl (C=O) groups is 3. The first kappa shape index (κ1) is 34.7. The van der Waals surface area contributed by atoms with Crippen LogP contribution in [0.25, 0.3) is 0 Å². The van der Waals surface area contributed by atoms with E-state index < -0.39 is 17.4 Å². The van der Waals surface area contributed by atoms with Crippen LogP contribution in [0.1, 0.15) is 98.3 Å². The maximum atomic E-state index is 13.0. The third kappa shape index (κ3) is 6.81. The van der Waals surface area contributed by atoms with Crippen LogP contribution in [0.2, 0.25) is 0 Å². The van der Waals surface area contributed by atoms with Crippen LogP contribution in [0.5, 0.6) is 0 Å². The normalized spacial score (nSPS) is 37.0. The van der Waals surface area contributed by atoms with Crippen molar-refractivity contribution in [2.24, 2.45) is 51.8 Å². The molecule has 4 rings (SSSR count). The highest BCUT2D eigenvalue weighted by molar-refractivity contribution is 5.81. The zero-order chi connectivity index (χ0) is 32.3. The van der Waals surface area contributed by atoms with Crippen LogP contribution in [0.15, 0.2) is 25.3 Å². The van der Waals surface area contributed by atoms with E-state index in [1.54, 1.807) is 0 Å². The van der Waals surface area contributed by atoms with Crippen molar-refractivity contribution < 1.29 is 38.8 Å². The van der Waals surface area contributed by atoms with E-state index in [9.17, 15) is 24.6 Å². The predicted molar refractivity (Wildman–Crippen MR) is 167 cm³/mol. The Morgan fingerprint density at radius 2 is 1.55 bits per heavy atom. The zero-order valence-corrected chi connectivity index (χ0v) is 27.4. The molecule has 0 spiro atoms. The zero-order valence-electron chi connectivity index (χ0n) is 27.4. The van der Waals surface area contributed by atoms with Gasteiger partial charge in [-0.05, 0) is 111 Å². The van der Waals surface area contributed by atoms with Crippen molar-refractivity contribution in [3.05, 3.63) is 25.3 Å². The number of rotatable bonds is 13. The van der Waals surface area contributed by atoms with Crippen LogP contribution in [0.4, 0.5) is 0 Å². The predicted octanol–water partition coefficient (Wildman–Crippen LogP) is 5.79. The molecule has 0 radical (unpaired) electrons. The molecular formula is C36H56O8. The SMILES string of the molecule is C=CC(=O)OCC(CC)(COC(=O)C=C)COC(=O)CC[C@@H](C)[C@H]1CC[C@H]2[C@@H]3CC[C@@H]4C[C@H](O)CC[C@]4(C)[C@H]3C[C@H](O)[C@]12C. The van der Waals surface area contributed by atoms with E-state index in [-0.39, 0.29) is 61.2 Å². The van der Waals surface area contributed by atoms with E-state index >= 15 is 0 Å². The topological polar surface area (TPSA) is 119 Å². The van der Waals surface area contributed by atoms with Gasteiger partial charge in [-0.3, -0.25) is 4.79 Å². The summed E-state index contributed by atoms with van der Waals surface area (Å²) in [7, 11) is 0. The standard InChI is InChI=1S/C36H56O8/c1-7-31(39)42-20-36(9-3,21-43-32(40)8-2)22-44-33(41)15-10-23(4)27-13-14-28-26-12-11-24-18-25(37)16-17-34(24,5)29(26)19-30(38)35(27,28)6/h7-8,23-30,37-38H,1-2,9-22H2,3-6H3/t23-,24-,25-,26+,27-,28+,29+,30+,34+,35-/m1/s1. The number of carbonyl (C=O) groups excluding carboxylic acids is 3. The lowest BCUT2D eigenvalue weighted by molar-refractivity contribution is -0.175. The van der Waals surface area contributed by atoms with E-state index in [2.05, 4.69) is 33.9 Å². The largest absolute Gasteiger partial charge is 0.465 e. The van der Waals surface area contributed by atoms with Gasteiger partial charge in [0.1, 0.15) is 19.8 Å². The van der Waals surface area contributed by atoms with E-state index in [1.165, 1.54) is 12.8 Å². The number of hydrogen-bond donors (Lipinski definition) is 2. The van der Waals surface area contributed by atoms with Crippen molar-refractivity contribution in [2.75, 3.05) is 19.8 Å². The lowest BCUT2D eigenvalue weighted by Gasteiger charge is -2.62. The van der Waals surface area contributed by atoms with Crippen LogP contribution < -0.4 is 0 Å². The highest BCUT2D eigenvalue weighted by Crippen LogP contribution is 2.68. The van der Waals surface area contributed by atoms with Gasteiger partial charge >= 0.3 is 17.9 Å². The molecule has 0 unspecified atom stereocenters. The van der Waals surface area contributed by atoms with Gasteiger partial charge in [0, 0.05) is 18.6 Å². The lowest BCUT2D eigenvalue weighted by atomic mass is 9.43. The minimum atomic E-state index is -0.875. The molecule has 0 saturated heterocycles. The van der Waals surface area contributed by atoms with Crippen LogP contribution in [-0.4, -0.2) is 60.1 Å². The van der Waals surface area contributed by atoms with E-state index in [4.69, 9.17) is 14.2 Å². The molecule has 4 saturated carbocycles. The molecule has 4 fully saturated rings. The van der Waals surface area contributed by atoms with E-state index in [1.807, 2.05) is 6.92 Å². The summed E-state index contributed by atoms with van der Waals surface area (Å²) in [5, 5.41) is 22.2. The molecule has 2 N–H and O–H groups in total. The van der Waals surface area contributed by atoms with Crippen molar-refractivity contribution >= 4 is 17.9 Å². The maximum Gasteiger partial charge on any atom is 0.330 e. The molecule has 4 aliphatic rings. The van der Waals surface area contributed by atoms with Crippen LogP contribution in [0.3, 0.4) is 0 Å². The molecule has 0 aliphatic heterocycles. The fourth-order valence-corrected chi connectivity index (χ4v) is 10.0. The summed E-state index contributed by atoms with van der Waals surface area (Å²) in [6.07, 6.45) is 11.2. The minimum Gasteiger partial charge on any atom is -0.465 e. The Balaban J connectivity index is 1.35. The van der Waals surface area contributed by atoms with Gasteiger partial charge in [0.05, 0.1) is 17.6 Å². The minimum absolute atomic E-state index is 0.0483. The average molecular weight is 617 g/mol. The molecule has 0 amide bonds. The van der Waals surface area contributed by atoms with Gasteiger partial charge in [-0.15, -0.1) is 0 Å². The van der Waals surface area contributed by atoms with Gasteiger partial charge in [-0.25, -0.2) is 9.59 Å². The molecule has 0 heterocycles. The summed E-state index contributed by atoms with van der Waals surface area (Å²) in [6.45, 7) is 15.5. The molecular weight excluding hydrogens is 560 g/mol. The van der Waals surface area contributed by atoms with Crippen LogP contribution in [-0.2, 0) is 28.6 Å². The van der Waals surface area contributed by atoms with Gasteiger partial charge in [-0.2, -0.15) is 0 Å². The molecule has 8 nitrogen and oxygen atoms in total. The Bertz CT molecular complexity index is 1050. The maximum absolute atomic E-state index is 13.0. The van der Waals surface area contributed by atoms with Crippen molar-refractivity contribution in [1.29, 1.82) is 0 Å². The first-order valence-corrected chi connectivity index (χ1v) is 16.9. The fourth-order valence-electron chi connectivity index (χ4n) is 10.0. The highest BCUT2D eigenvalue weighted by atomic mass is 16.6. The summed E-state index contributed by atoms with van der Waals surface area (Å²) >= 11 is 0. The Labute approximate surface area is 264 Å².